The van der Waals surface area contributed by atoms with Gasteiger partial charge in [-0.15, -0.1) is 0 Å². The molecule has 0 aliphatic heterocycles. The van der Waals surface area contributed by atoms with Gasteiger partial charge in [0.1, 0.15) is 0 Å². The molecule has 0 aliphatic rings. The highest BCUT2D eigenvalue weighted by Gasteiger charge is 2.01. The van der Waals surface area contributed by atoms with E-state index in [1.54, 1.807) is 0 Å². The van der Waals surface area contributed by atoms with Crippen molar-refractivity contribution in [3.05, 3.63) is 97.1 Å². The van der Waals surface area contributed by atoms with Gasteiger partial charge in [-0.1, -0.05) is 72.8 Å². The molecule has 0 fully saturated rings. The molecule has 26 heavy (non-hydrogen) atoms. The molecule has 0 amide bonds. The summed E-state index contributed by atoms with van der Waals surface area (Å²) in [4.78, 5) is 6.76. The largest absolute Gasteiger partial charge is 0.355 e. The van der Waals surface area contributed by atoms with E-state index < -0.39 is 0 Å². The highest BCUT2D eigenvalue weighted by Crippen LogP contribution is 2.25. The van der Waals surface area contributed by atoms with Gasteiger partial charge in [0.15, 0.2) is 0 Å². The number of aromatic nitrogens is 2. The van der Waals surface area contributed by atoms with Crippen LogP contribution in [-0.4, -0.2) is 9.97 Å². The normalized spacial score (nSPS) is 11.1. The van der Waals surface area contributed by atoms with Gasteiger partial charge >= 0.3 is 0 Å². The van der Waals surface area contributed by atoms with Crippen molar-refractivity contribution in [2.24, 2.45) is 0 Å². The summed E-state index contributed by atoms with van der Waals surface area (Å²) in [6.07, 6.45) is 0. The summed E-state index contributed by atoms with van der Waals surface area (Å²) in [5, 5.41) is 5.22. The summed E-state index contributed by atoms with van der Waals surface area (Å²) in [7, 11) is 0. The number of nitrogens with one attached hydrogen (secondary N) is 2. The van der Waals surface area contributed by atoms with Gasteiger partial charge in [-0.3, -0.25) is 0 Å². The number of fused-ring (bicyclic) bond motifs is 6. The number of hydrogen-bond acceptors (Lipinski definition) is 0. The lowest BCUT2D eigenvalue weighted by molar-refractivity contribution is 1.55. The summed E-state index contributed by atoms with van der Waals surface area (Å²) in [6, 6.07) is 33.5. The van der Waals surface area contributed by atoms with Crippen molar-refractivity contribution in [1.82, 2.24) is 9.97 Å². The van der Waals surface area contributed by atoms with Crippen LogP contribution in [0, 0.1) is 0 Å². The van der Waals surface area contributed by atoms with Crippen molar-refractivity contribution in [3.8, 4) is 0 Å². The molecular weight excluding hydrogens is 316 g/mol. The van der Waals surface area contributed by atoms with Crippen LogP contribution in [0.1, 0.15) is 0 Å². The smallest absolute Gasteiger partial charge is 0.0464 e. The molecule has 0 radical (unpaired) electrons. The Balaban J connectivity index is 0.000000115. The molecular formula is C24H18N2. The molecule has 2 aromatic heterocycles. The highest BCUT2D eigenvalue weighted by molar-refractivity contribution is 6.07. The van der Waals surface area contributed by atoms with Crippen molar-refractivity contribution >= 4 is 43.6 Å². The lowest BCUT2D eigenvalue weighted by Crippen LogP contribution is -1.62. The first kappa shape index (κ1) is 14.8. The zero-order valence-corrected chi connectivity index (χ0v) is 14.2. The second-order valence-electron chi connectivity index (χ2n) is 6.43. The van der Waals surface area contributed by atoms with Crippen molar-refractivity contribution < 1.29 is 0 Å². The Morgan fingerprint density at radius 3 is 0.808 bits per heavy atom. The second-order valence-corrected chi connectivity index (χ2v) is 6.43. The van der Waals surface area contributed by atoms with Crippen LogP contribution < -0.4 is 0 Å². The third-order valence-corrected chi connectivity index (χ3v) is 4.83. The lowest BCUT2D eigenvalue weighted by Gasteiger charge is -1.87. The third-order valence-electron chi connectivity index (χ3n) is 4.83. The van der Waals surface area contributed by atoms with Crippen molar-refractivity contribution in [3.63, 3.8) is 0 Å². The van der Waals surface area contributed by atoms with Gasteiger partial charge in [-0.2, -0.15) is 0 Å². The van der Waals surface area contributed by atoms with Crippen LogP contribution in [0.5, 0.6) is 0 Å². The quantitative estimate of drug-likeness (QED) is 0.312. The standard InChI is InChI=1S/2C12H9N/c2*1-3-7-11-9(5-1)10-6-2-4-8-12(10)13-11/h2*1-8,13H. The Kier molecular flexibility index (Phi) is 3.46. The molecule has 0 saturated heterocycles. The molecule has 6 rings (SSSR count). The van der Waals surface area contributed by atoms with E-state index in [9.17, 15) is 0 Å². The van der Waals surface area contributed by atoms with Crippen molar-refractivity contribution in [2.45, 2.75) is 0 Å². The van der Waals surface area contributed by atoms with Gasteiger partial charge in [0, 0.05) is 43.6 Å². The monoisotopic (exact) mass is 334 g/mol. The third kappa shape index (κ3) is 2.44. The minimum absolute atomic E-state index is 1.21. The van der Waals surface area contributed by atoms with E-state index in [0.717, 1.165) is 0 Å². The number of hydrogen-bond donors (Lipinski definition) is 2. The first-order chi connectivity index (χ1) is 12.9. The Morgan fingerprint density at radius 1 is 0.308 bits per heavy atom. The molecule has 2 heterocycles. The Labute approximate surface area is 151 Å². The van der Waals surface area contributed by atoms with Crippen LogP contribution in [0.15, 0.2) is 97.1 Å². The zero-order valence-electron chi connectivity index (χ0n) is 14.2. The molecule has 0 spiro atoms. The maximum atomic E-state index is 3.38. The van der Waals surface area contributed by atoms with Crippen LogP contribution in [-0.2, 0) is 0 Å². The molecule has 0 atom stereocenters. The predicted octanol–water partition coefficient (Wildman–Crippen LogP) is 6.64. The van der Waals surface area contributed by atoms with E-state index in [1.807, 2.05) is 0 Å². The summed E-state index contributed by atoms with van der Waals surface area (Å²) in [5.74, 6) is 0. The van der Waals surface area contributed by atoms with Crippen molar-refractivity contribution in [1.29, 1.82) is 0 Å². The summed E-state index contributed by atoms with van der Waals surface area (Å²) >= 11 is 0. The molecule has 0 bridgehead atoms. The van der Waals surface area contributed by atoms with E-state index in [-0.39, 0.29) is 0 Å². The molecule has 6 aromatic rings. The van der Waals surface area contributed by atoms with Gasteiger partial charge in [-0.25, -0.2) is 0 Å². The van der Waals surface area contributed by atoms with Crippen LogP contribution in [0.2, 0.25) is 0 Å². The fourth-order valence-electron chi connectivity index (χ4n) is 3.60. The maximum Gasteiger partial charge on any atom is 0.0464 e. The SMILES string of the molecule is c1ccc2c(c1)[nH]c1ccccc12.c1ccc2c(c1)[nH]c1ccccc12. The number of benzene rings is 4. The van der Waals surface area contributed by atoms with Gasteiger partial charge in [0.2, 0.25) is 0 Å². The summed E-state index contributed by atoms with van der Waals surface area (Å²) < 4.78 is 0. The maximum absolute atomic E-state index is 3.38. The van der Waals surface area contributed by atoms with Crippen LogP contribution in [0.25, 0.3) is 43.6 Å². The summed E-state index contributed by atoms with van der Waals surface area (Å²) in [6.45, 7) is 0. The first-order valence-electron chi connectivity index (χ1n) is 8.81. The average Bonchev–Trinajstić information content (AvgIpc) is 3.27. The Morgan fingerprint density at radius 2 is 0.538 bits per heavy atom. The van der Waals surface area contributed by atoms with Gasteiger partial charge in [0.25, 0.3) is 0 Å². The number of H-pyrrole nitrogens is 2. The van der Waals surface area contributed by atoms with Crippen LogP contribution in [0.4, 0.5) is 0 Å². The van der Waals surface area contributed by atoms with E-state index >= 15 is 0 Å². The van der Waals surface area contributed by atoms with E-state index in [2.05, 4.69) is 107 Å². The molecule has 2 N–H and O–H groups in total. The lowest BCUT2D eigenvalue weighted by atomic mass is 10.2. The molecule has 2 nitrogen and oxygen atoms in total. The molecule has 4 aromatic carbocycles. The summed E-state index contributed by atoms with van der Waals surface area (Å²) in [5.41, 5.74) is 4.85. The molecule has 124 valence electrons. The van der Waals surface area contributed by atoms with E-state index in [4.69, 9.17) is 0 Å². The molecule has 2 heteroatoms. The average molecular weight is 334 g/mol. The number of aromatic amines is 2. The van der Waals surface area contributed by atoms with Gasteiger partial charge < -0.3 is 9.97 Å². The second kappa shape index (κ2) is 6.08. The molecule has 0 unspecified atom stereocenters. The number of rotatable bonds is 0. The highest BCUT2D eigenvalue weighted by atomic mass is 14.7. The number of para-hydroxylation sites is 4. The zero-order chi connectivity index (χ0) is 17.3. The van der Waals surface area contributed by atoms with E-state index in [1.165, 1.54) is 43.6 Å². The van der Waals surface area contributed by atoms with Crippen LogP contribution in [0.3, 0.4) is 0 Å². The van der Waals surface area contributed by atoms with E-state index in [0.29, 0.717) is 0 Å². The van der Waals surface area contributed by atoms with Crippen molar-refractivity contribution in [2.75, 3.05) is 0 Å². The van der Waals surface area contributed by atoms with Crippen LogP contribution >= 0.6 is 0 Å². The van der Waals surface area contributed by atoms with Gasteiger partial charge in [-0.05, 0) is 24.3 Å². The predicted molar refractivity (Wildman–Crippen MR) is 112 cm³/mol. The Hall–Kier alpha value is -3.52. The minimum Gasteiger partial charge on any atom is -0.355 e. The fraction of sp³-hybridized carbons (Fsp3) is 0. The van der Waals surface area contributed by atoms with Gasteiger partial charge in [0.05, 0.1) is 0 Å². The Bertz CT molecular complexity index is 1130. The fourth-order valence-corrected chi connectivity index (χ4v) is 3.60. The minimum atomic E-state index is 1.21. The molecule has 0 aliphatic carbocycles. The molecule has 0 saturated carbocycles. The topological polar surface area (TPSA) is 31.6 Å². The first-order valence-corrected chi connectivity index (χ1v) is 8.81.